The molecule has 5 heteroatoms. The lowest BCUT2D eigenvalue weighted by atomic mass is 9.61. The van der Waals surface area contributed by atoms with Gasteiger partial charge in [0.15, 0.2) is 17.4 Å². The minimum atomic E-state index is -0.869. The molecule has 3 nitrogen and oxygen atoms in total. The van der Waals surface area contributed by atoms with Crippen LogP contribution in [-0.2, 0) is 4.79 Å². The molecule has 0 radical (unpaired) electrons. The number of benzene rings is 1. The Balaban J connectivity index is 1.27. The summed E-state index contributed by atoms with van der Waals surface area (Å²) >= 11 is 0. The zero-order valence-corrected chi connectivity index (χ0v) is 18.5. The topological polar surface area (TPSA) is 35.5 Å². The van der Waals surface area contributed by atoms with Gasteiger partial charge in [0.2, 0.25) is 0 Å². The van der Waals surface area contributed by atoms with Crippen molar-refractivity contribution in [1.82, 2.24) is 0 Å². The van der Waals surface area contributed by atoms with Gasteiger partial charge in [-0.25, -0.2) is 8.78 Å². The molecule has 170 valence electrons. The molecule has 4 atom stereocenters. The molecule has 0 bridgehead atoms. The molecule has 3 aliphatic carbocycles. The Hall–Kier alpha value is -1.91. The molecule has 4 rings (SSSR count). The van der Waals surface area contributed by atoms with E-state index in [4.69, 9.17) is 4.74 Å². The van der Waals surface area contributed by atoms with E-state index in [-0.39, 0.29) is 17.6 Å². The molecular formula is C26H34F2O3. The average Bonchev–Trinajstić information content (AvgIpc) is 2.78. The second-order valence-electron chi connectivity index (χ2n) is 9.86. The van der Waals surface area contributed by atoms with Crippen molar-refractivity contribution in [2.45, 2.75) is 64.2 Å². The summed E-state index contributed by atoms with van der Waals surface area (Å²) in [6.07, 6.45) is 13.8. The van der Waals surface area contributed by atoms with E-state index in [2.05, 4.69) is 17.4 Å². The summed E-state index contributed by atoms with van der Waals surface area (Å²) < 4.78 is 37.7. The molecule has 0 N–H and O–H groups in total. The second kappa shape index (κ2) is 9.70. The number of halogens is 2. The van der Waals surface area contributed by atoms with E-state index in [0.29, 0.717) is 11.8 Å². The third kappa shape index (κ3) is 4.96. The molecule has 3 fully saturated rings. The molecule has 4 unspecified atom stereocenters. The molecule has 1 aromatic carbocycles. The third-order valence-electron chi connectivity index (χ3n) is 8.19. The van der Waals surface area contributed by atoms with Crippen molar-refractivity contribution in [2.75, 3.05) is 7.11 Å². The van der Waals surface area contributed by atoms with Crippen molar-refractivity contribution in [3.05, 3.63) is 36.4 Å². The van der Waals surface area contributed by atoms with E-state index in [1.54, 1.807) is 0 Å². The van der Waals surface area contributed by atoms with Crippen LogP contribution in [-0.4, -0.2) is 13.1 Å². The van der Waals surface area contributed by atoms with Gasteiger partial charge in [-0.15, -0.1) is 6.58 Å². The van der Waals surface area contributed by atoms with Crippen molar-refractivity contribution < 1.29 is 23.0 Å². The highest BCUT2D eigenvalue weighted by molar-refractivity contribution is 5.75. The van der Waals surface area contributed by atoms with E-state index in [1.165, 1.54) is 45.6 Å². The second-order valence-corrected chi connectivity index (χ2v) is 9.86. The first-order chi connectivity index (χ1) is 15.0. The number of carbonyl (C=O) groups is 1. The van der Waals surface area contributed by atoms with Gasteiger partial charge in [0.05, 0.1) is 13.0 Å². The highest BCUT2D eigenvalue weighted by atomic mass is 19.1. The SMILES string of the molecule is C=CC1CCC2CC(C3CCC(C(=O)Oc4cc(F)c(OC)c(F)c4)CC3)CCC2C1. The van der Waals surface area contributed by atoms with Gasteiger partial charge in [-0.1, -0.05) is 6.08 Å². The first-order valence-electron chi connectivity index (χ1n) is 11.9. The number of methoxy groups -OCH3 is 1. The van der Waals surface area contributed by atoms with Gasteiger partial charge in [0, 0.05) is 12.1 Å². The van der Waals surface area contributed by atoms with Crippen LogP contribution in [0.25, 0.3) is 0 Å². The van der Waals surface area contributed by atoms with Gasteiger partial charge in [0.1, 0.15) is 5.75 Å². The minimum Gasteiger partial charge on any atom is -0.491 e. The Morgan fingerprint density at radius 3 is 2.06 bits per heavy atom. The zero-order chi connectivity index (χ0) is 22.0. The lowest BCUT2D eigenvalue weighted by molar-refractivity contribution is -0.140. The van der Waals surface area contributed by atoms with Crippen LogP contribution in [0.1, 0.15) is 64.2 Å². The molecule has 3 saturated carbocycles. The number of rotatable bonds is 5. The van der Waals surface area contributed by atoms with E-state index >= 15 is 0 Å². The fourth-order valence-corrected chi connectivity index (χ4v) is 6.42. The van der Waals surface area contributed by atoms with Crippen molar-refractivity contribution >= 4 is 5.97 Å². The number of allylic oxidation sites excluding steroid dienone is 1. The molecule has 0 heterocycles. The first-order valence-corrected chi connectivity index (χ1v) is 11.9. The van der Waals surface area contributed by atoms with Crippen molar-refractivity contribution in [1.29, 1.82) is 0 Å². The predicted molar refractivity (Wildman–Crippen MR) is 116 cm³/mol. The summed E-state index contributed by atoms with van der Waals surface area (Å²) in [6, 6.07) is 2.01. The molecule has 31 heavy (non-hydrogen) atoms. The monoisotopic (exact) mass is 432 g/mol. The third-order valence-corrected chi connectivity index (χ3v) is 8.19. The van der Waals surface area contributed by atoms with Gasteiger partial charge in [0.25, 0.3) is 0 Å². The molecule has 3 aliphatic rings. The Kier molecular flexibility index (Phi) is 6.98. The number of hydrogen-bond acceptors (Lipinski definition) is 3. The molecule has 1 aromatic rings. The summed E-state index contributed by atoms with van der Waals surface area (Å²) in [7, 11) is 1.20. The molecule has 0 aliphatic heterocycles. The quantitative estimate of drug-likeness (QED) is 0.295. The van der Waals surface area contributed by atoms with E-state index in [1.807, 2.05) is 0 Å². The first kappa shape index (κ1) is 22.3. The maximum atomic E-state index is 13.9. The molecular weight excluding hydrogens is 398 g/mol. The number of ether oxygens (including phenoxy) is 2. The summed E-state index contributed by atoms with van der Waals surface area (Å²) in [6.45, 7) is 3.99. The fourth-order valence-electron chi connectivity index (χ4n) is 6.42. The molecule has 0 amide bonds. The summed E-state index contributed by atoms with van der Waals surface area (Å²) in [5.74, 6) is 1.07. The van der Waals surface area contributed by atoms with Gasteiger partial charge in [-0.2, -0.15) is 0 Å². The summed E-state index contributed by atoms with van der Waals surface area (Å²) in [5, 5.41) is 0. The van der Waals surface area contributed by atoms with Crippen LogP contribution >= 0.6 is 0 Å². The van der Waals surface area contributed by atoms with Crippen LogP contribution in [0.2, 0.25) is 0 Å². The van der Waals surface area contributed by atoms with Gasteiger partial charge < -0.3 is 9.47 Å². The lowest BCUT2D eigenvalue weighted by Crippen LogP contribution is -2.35. The molecule has 0 aromatic heterocycles. The standard InChI is InChI=1S/C26H34F2O3/c1-3-16-4-5-21-13-20(11-10-19(21)12-16)17-6-8-18(9-7-17)26(29)31-22-14-23(27)25(30-2)24(28)15-22/h3,14-21H,1,4-13H2,2H3. The van der Waals surface area contributed by atoms with E-state index in [9.17, 15) is 13.6 Å². The Morgan fingerprint density at radius 2 is 1.45 bits per heavy atom. The minimum absolute atomic E-state index is 0.101. The van der Waals surface area contributed by atoms with Crippen LogP contribution in [0.15, 0.2) is 24.8 Å². The van der Waals surface area contributed by atoms with Gasteiger partial charge >= 0.3 is 5.97 Å². The van der Waals surface area contributed by atoms with Crippen LogP contribution in [0, 0.1) is 47.1 Å². The van der Waals surface area contributed by atoms with Crippen LogP contribution in [0.3, 0.4) is 0 Å². The van der Waals surface area contributed by atoms with E-state index < -0.39 is 17.4 Å². The number of fused-ring (bicyclic) bond motifs is 1. The average molecular weight is 433 g/mol. The summed E-state index contributed by atoms with van der Waals surface area (Å²) in [4.78, 5) is 12.6. The smallest absolute Gasteiger partial charge is 0.314 e. The van der Waals surface area contributed by atoms with E-state index in [0.717, 1.165) is 55.6 Å². The molecule has 0 saturated heterocycles. The number of esters is 1. The lowest BCUT2D eigenvalue weighted by Gasteiger charge is -2.45. The van der Waals surface area contributed by atoms with Crippen molar-refractivity contribution in [3.63, 3.8) is 0 Å². The van der Waals surface area contributed by atoms with Gasteiger partial charge in [-0.3, -0.25) is 4.79 Å². The Morgan fingerprint density at radius 1 is 0.903 bits per heavy atom. The van der Waals surface area contributed by atoms with Crippen LogP contribution in [0.4, 0.5) is 8.78 Å². The van der Waals surface area contributed by atoms with Gasteiger partial charge in [-0.05, 0) is 93.8 Å². The largest absolute Gasteiger partial charge is 0.491 e. The Bertz CT molecular complexity index is 777. The highest BCUT2D eigenvalue weighted by Gasteiger charge is 2.39. The Labute approximate surface area is 184 Å². The zero-order valence-electron chi connectivity index (χ0n) is 18.5. The number of hydrogen-bond donors (Lipinski definition) is 0. The maximum absolute atomic E-state index is 13.9. The van der Waals surface area contributed by atoms with Crippen molar-refractivity contribution in [2.24, 2.45) is 35.5 Å². The number of carbonyl (C=O) groups excluding carboxylic acids is 1. The highest BCUT2D eigenvalue weighted by Crippen LogP contribution is 2.49. The fraction of sp³-hybridized carbons (Fsp3) is 0.654. The van der Waals surface area contributed by atoms with Crippen LogP contribution in [0.5, 0.6) is 11.5 Å². The maximum Gasteiger partial charge on any atom is 0.314 e. The van der Waals surface area contributed by atoms with Crippen molar-refractivity contribution in [3.8, 4) is 11.5 Å². The van der Waals surface area contributed by atoms with Crippen LogP contribution < -0.4 is 9.47 Å². The molecule has 0 spiro atoms. The normalized spacial score (nSPS) is 33.3. The summed E-state index contributed by atoms with van der Waals surface area (Å²) in [5.41, 5.74) is 0. The predicted octanol–water partition coefficient (Wildman–Crippen LogP) is 6.70.